The zero-order valence-corrected chi connectivity index (χ0v) is 13.6. The summed E-state index contributed by atoms with van der Waals surface area (Å²) in [6, 6.07) is 13.7. The molecule has 0 aliphatic rings. The first-order chi connectivity index (χ1) is 10.5. The third-order valence-corrected chi connectivity index (χ3v) is 4.02. The number of benzene rings is 2. The molecule has 0 saturated heterocycles. The Morgan fingerprint density at radius 1 is 1.05 bits per heavy atom. The monoisotopic (exact) mass is 298 g/mol. The predicted molar refractivity (Wildman–Crippen MR) is 87.8 cm³/mol. The van der Waals surface area contributed by atoms with Gasteiger partial charge in [0.25, 0.3) is 0 Å². The van der Waals surface area contributed by atoms with Gasteiger partial charge in [-0.3, -0.25) is 0 Å². The first-order valence-electron chi connectivity index (χ1n) is 7.27. The Balaban J connectivity index is 2.41. The van der Waals surface area contributed by atoms with Crippen LogP contribution in [0.15, 0.2) is 42.5 Å². The smallest absolute Gasteiger partial charge is 0.130 e. The van der Waals surface area contributed by atoms with Crippen LogP contribution in [0.1, 0.15) is 23.6 Å². The molecule has 116 valence electrons. The minimum absolute atomic E-state index is 0.555. The highest BCUT2D eigenvalue weighted by atomic mass is 16.5. The molecule has 0 fully saturated rings. The number of ether oxygens (including phenoxy) is 2. The van der Waals surface area contributed by atoms with Crippen molar-refractivity contribution < 1.29 is 14.3 Å². The summed E-state index contributed by atoms with van der Waals surface area (Å²) in [7, 11) is 3.26. The number of aryl methyl sites for hydroxylation is 1. The fourth-order valence-corrected chi connectivity index (χ4v) is 2.56. The molecule has 0 aliphatic heterocycles. The van der Waals surface area contributed by atoms with Crippen LogP contribution in [0, 0.1) is 6.92 Å². The lowest BCUT2D eigenvalue weighted by atomic mass is 9.78. The molecule has 2 aromatic rings. The van der Waals surface area contributed by atoms with Gasteiger partial charge in [0.1, 0.15) is 17.8 Å². The van der Waals surface area contributed by atoms with Crippen LogP contribution in [-0.4, -0.2) is 20.5 Å². The average molecular weight is 298 g/mol. The standard InChI is InChI=1S/C19H22O3/c1-14-5-7-16(8-6-14)19(2,13-20)12-15-11-17(21-3)9-10-18(15)22-4/h5-11,13H,12H2,1-4H3. The number of rotatable bonds is 6. The van der Waals surface area contributed by atoms with Crippen LogP contribution >= 0.6 is 0 Å². The van der Waals surface area contributed by atoms with Gasteiger partial charge in [-0.05, 0) is 49.6 Å². The second-order valence-electron chi connectivity index (χ2n) is 5.76. The van der Waals surface area contributed by atoms with E-state index in [1.54, 1.807) is 14.2 Å². The Bertz CT molecular complexity index is 646. The van der Waals surface area contributed by atoms with Crippen molar-refractivity contribution in [1.82, 2.24) is 0 Å². The van der Waals surface area contributed by atoms with Gasteiger partial charge in [-0.2, -0.15) is 0 Å². The third-order valence-electron chi connectivity index (χ3n) is 4.02. The van der Waals surface area contributed by atoms with Crippen molar-refractivity contribution in [3.8, 4) is 11.5 Å². The zero-order valence-electron chi connectivity index (χ0n) is 13.6. The molecule has 0 aromatic heterocycles. The molecule has 0 saturated carbocycles. The van der Waals surface area contributed by atoms with Gasteiger partial charge in [-0.1, -0.05) is 29.8 Å². The normalized spacial score (nSPS) is 13.3. The summed E-state index contributed by atoms with van der Waals surface area (Å²) < 4.78 is 10.7. The molecule has 3 heteroatoms. The Kier molecular flexibility index (Phi) is 4.86. The Morgan fingerprint density at radius 3 is 2.27 bits per heavy atom. The summed E-state index contributed by atoms with van der Waals surface area (Å²) in [5.74, 6) is 1.52. The highest BCUT2D eigenvalue weighted by Crippen LogP contribution is 2.32. The molecule has 22 heavy (non-hydrogen) atoms. The van der Waals surface area contributed by atoms with Crippen LogP contribution in [0.3, 0.4) is 0 Å². The predicted octanol–water partition coefficient (Wildman–Crippen LogP) is 3.71. The molecule has 0 spiro atoms. The largest absolute Gasteiger partial charge is 0.497 e. The topological polar surface area (TPSA) is 35.5 Å². The van der Waals surface area contributed by atoms with Crippen LogP contribution in [-0.2, 0) is 16.6 Å². The molecular weight excluding hydrogens is 276 g/mol. The van der Waals surface area contributed by atoms with E-state index in [0.717, 1.165) is 28.9 Å². The van der Waals surface area contributed by atoms with Crippen molar-refractivity contribution in [3.05, 3.63) is 59.2 Å². The van der Waals surface area contributed by atoms with Crippen LogP contribution in [0.4, 0.5) is 0 Å². The first kappa shape index (κ1) is 16.1. The lowest BCUT2D eigenvalue weighted by Gasteiger charge is -2.25. The molecule has 0 heterocycles. The lowest BCUT2D eigenvalue weighted by Crippen LogP contribution is -2.27. The summed E-state index contributed by atoms with van der Waals surface area (Å²) in [5, 5.41) is 0. The highest BCUT2D eigenvalue weighted by Gasteiger charge is 2.28. The van der Waals surface area contributed by atoms with Crippen molar-refractivity contribution in [2.75, 3.05) is 14.2 Å². The third kappa shape index (κ3) is 3.30. The van der Waals surface area contributed by atoms with Gasteiger partial charge >= 0.3 is 0 Å². The number of hydrogen-bond donors (Lipinski definition) is 0. The number of carbonyl (C=O) groups is 1. The van der Waals surface area contributed by atoms with E-state index in [-0.39, 0.29) is 0 Å². The quantitative estimate of drug-likeness (QED) is 0.763. The van der Waals surface area contributed by atoms with E-state index in [1.807, 2.05) is 56.3 Å². The van der Waals surface area contributed by atoms with Gasteiger partial charge in [-0.15, -0.1) is 0 Å². The van der Waals surface area contributed by atoms with Crippen molar-refractivity contribution in [2.45, 2.75) is 25.7 Å². The van der Waals surface area contributed by atoms with Gasteiger partial charge in [0.05, 0.1) is 19.6 Å². The molecule has 3 nitrogen and oxygen atoms in total. The van der Waals surface area contributed by atoms with Gasteiger partial charge in [0.15, 0.2) is 0 Å². The number of carbonyl (C=O) groups excluding carboxylic acids is 1. The van der Waals surface area contributed by atoms with Crippen molar-refractivity contribution in [1.29, 1.82) is 0 Å². The number of hydrogen-bond acceptors (Lipinski definition) is 3. The maximum Gasteiger partial charge on any atom is 0.130 e. The van der Waals surface area contributed by atoms with Gasteiger partial charge in [0, 0.05) is 0 Å². The minimum atomic E-state index is -0.604. The van der Waals surface area contributed by atoms with E-state index in [2.05, 4.69) is 0 Å². The van der Waals surface area contributed by atoms with Gasteiger partial charge in [-0.25, -0.2) is 0 Å². The Hall–Kier alpha value is -2.29. The molecule has 0 bridgehead atoms. The van der Waals surface area contributed by atoms with E-state index in [0.29, 0.717) is 6.42 Å². The summed E-state index contributed by atoms with van der Waals surface area (Å²) in [6.07, 6.45) is 1.57. The molecule has 2 rings (SSSR count). The molecule has 0 N–H and O–H groups in total. The van der Waals surface area contributed by atoms with Crippen LogP contribution < -0.4 is 9.47 Å². The van der Waals surface area contributed by atoms with E-state index >= 15 is 0 Å². The molecule has 2 aromatic carbocycles. The molecule has 1 atom stereocenters. The fraction of sp³-hybridized carbons (Fsp3) is 0.316. The van der Waals surface area contributed by atoms with E-state index in [1.165, 1.54) is 5.56 Å². The Morgan fingerprint density at radius 2 is 1.73 bits per heavy atom. The zero-order chi connectivity index (χ0) is 16.2. The van der Waals surface area contributed by atoms with Gasteiger partial charge in [0.2, 0.25) is 0 Å². The summed E-state index contributed by atoms with van der Waals surface area (Å²) >= 11 is 0. The maximum absolute atomic E-state index is 11.8. The Labute approximate surface area is 131 Å². The van der Waals surface area contributed by atoms with Crippen molar-refractivity contribution in [2.24, 2.45) is 0 Å². The molecule has 0 radical (unpaired) electrons. The maximum atomic E-state index is 11.8. The SMILES string of the molecule is COc1ccc(OC)c(CC(C)(C=O)c2ccc(C)cc2)c1. The first-order valence-corrected chi connectivity index (χ1v) is 7.27. The van der Waals surface area contributed by atoms with E-state index in [9.17, 15) is 4.79 Å². The number of aldehydes is 1. The summed E-state index contributed by atoms with van der Waals surface area (Å²) in [6.45, 7) is 3.98. The van der Waals surface area contributed by atoms with E-state index in [4.69, 9.17) is 9.47 Å². The summed E-state index contributed by atoms with van der Waals surface area (Å²) in [4.78, 5) is 11.8. The molecule has 1 unspecified atom stereocenters. The van der Waals surface area contributed by atoms with Crippen LogP contribution in [0.25, 0.3) is 0 Å². The second kappa shape index (κ2) is 6.65. The van der Waals surface area contributed by atoms with Crippen LogP contribution in [0.5, 0.6) is 11.5 Å². The number of methoxy groups -OCH3 is 2. The van der Waals surface area contributed by atoms with E-state index < -0.39 is 5.41 Å². The minimum Gasteiger partial charge on any atom is -0.497 e. The molecule has 0 aliphatic carbocycles. The van der Waals surface area contributed by atoms with Crippen molar-refractivity contribution >= 4 is 6.29 Å². The van der Waals surface area contributed by atoms with Gasteiger partial charge < -0.3 is 14.3 Å². The molecular formula is C19H22O3. The van der Waals surface area contributed by atoms with Crippen LogP contribution in [0.2, 0.25) is 0 Å². The highest BCUT2D eigenvalue weighted by molar-refractivity contribution is 5.69. The second-order valence-corrected chi connectivity index (χ2v) is 5.76. The molecule has 0 amide bonds. The average Bonchev–Trinajstić information content (AvgIpc) is 2.55. The fourth-order valence-electron chi connectivity index (χ4n) is 2.56. The lowest BCUT2D eigenvalue weighted by molar-refractivity contribution is -0.112. The van der Waals surface area contributed by atoms with Crippen molar-refractivity contribution in [3.63, 3.8) is 0 Å². The summed E-state index contributed by atoms with van der Waals surface area (Å²) in [5.41, 5.74) is 2.53.